The van der Waals surface area contributed by atoms with Crippen molar-refractivity contribution >= 4 is 41.0 Å². The molecule has 1 aliphatic heterocycles. The van der Waals surface area contributed by atoms with Crippen molar-refractivity contribution in [2.24, 2.45) is 11.8 Å². The monoisotopic (exact) mass is 729 g/mol. The van der Waals surface area contributed by atoms with Crippen molar-refractivity contribution in [3.8, 4) is 0 Å². The summed E-state index contributed by atoms with van der Waals surface area (Å²) < 4.78 is 16.2. The van der Waals surface area contributed by atoms with Gasteiger partial charge in [0.2, 0.25) is 11.8 Å². The van der Waals surface area contributed by atoms with Crippen LogP contribution in [-0.2, 0) is 39.8 Å². The maximum Gasteiger partial charge on any atom is 0.328 e. The molecule has 3 rings (SSSR count). The van der Waals surface area contributed by atoms with Crippen molar-refractivity contribution in [2.75, 3.05) is 34.5 Å². The summed E-state index contributed by atoms with van der Waals surface area (Å²) in [6.45, 7) is 9.89. The van der Waals surface area contributed by atoms with E-state index in [-0.39, 0.29) is 55.0 Å². The number of likely N-dealkylation sites (tertiary alicyclic amines) is 1. The Balaban J connectivity index is 1.87. The number of hydrogen-bond donors (Lipinski definition) is 2. The van der Waals surface area contributed by atoms with Crippen molar-refractivity contribution in [1.29, 1.82) is 0 Å². The largest absolute Gasteiger partial charge is 0.467 e. The van der Waals surface area contributed by atoms with Gasteiger partial charge in [0, 0.05) is 38.3 Å². The minimum Gasteiger partial charge on any atom is -0.467 e. The maximum absolute atomic E-state index is 14.4. The van der Waals surface area contributed by atoms with Gasteiger partial charge in [0.25, 0.3) is 5.91 Å². The van der Waals surface area contributed by atoms with E-state index in [1.807, 2.05) is 70.0 Å². The number of benzene rings is 1. The Kier molecular flexibility index (Phi) is 16.5. The average molecular weight is 730 g/mol. The molecule has 51 heavy (non-hydrogen) atoms. The third kappa shape index (κ3) is 11.8. The number of hydrogen-bond acceptors (Lipinski definition) is 11. The molecule has 2 N–H and O–H groups in total. The number of ether oxygens (including phenoxy) is 3. The summed E-state index contributed by atoms with van der Waals surface area (Å²) in [5.41, 5.74) is 0.890. The zero-order chi connectivity index (χ0) is 37.7. The summed E-state index contributed by atoms with van der Waals surface area (Å²) in [7, 11) is 4.69. The summed E-state index contributed by atoms with van der Waals surface area (Å²) in [5.74, 6) is -2.48. The third-order valence-corrected chi connectivity index (χ3v) is 10.4. The van der Waals surface area contributed by atoms with E-state index in [4.69, 9.17) is 14.2 Å². The number of aromatic nitrogens is 1. The van der Waals surface area contributed by atoms with Gasteiger partial charge >= 0.3 is 11.9 Å². The van der Waals surface area contributed by atoms with Gasteiger partial charge in [0.05, 0.1) is 13.2 Å². The lowest BCUT2D eigenvalue weighted by Crippen LogP contribution is -2.59. The van der Waals surface area contributed by atoms with Crippen LogP contribution in [0.15, 0.2) is 35.7 Å². The van der Waals surface area contributed by atoms with Gasteiger partial charge in [0.15, 0.2) is 6.10 Å². The number of rotatable bonds is 18. The fourth-order valence-electron chi connectivity index (χ4n) is 6.32. The van der Waals surface area contributed by atoms with Crippen molar-refractivity contribution in [3.05, 3.63) is 52.0 Å². The summed E-state index contributed by atoms with van der Waals surface area (Å²) >= 11 is 1.14. The highest BCUT2D eigenvalue weighted by Crippen LogP contribution is 2.31. The first-order valence-corrected chi connectivity index (χ1v) is 18.5. The van der Waals surface area contributed by atoms with Crippen LogP contribution >= 0.6 is 11.3 Å². The SMILES string of the molecule is CC[C@H](C)[C@H](NC(=O)[C@H]1CCCCN1C)C(=O)N(COC)[C@H](C[C@@H](OC(C)=O)c1nc(C(=O)N[C@@H](Cc2ccccc2)C(=O)OC)cs1)C(C)C. The fraction of sp³-hybridized carbons (Fsp3) is 0.622. The maximum atomic E-state index is 14.4. The summed E-state index contributed by atoms with van der Waals surface area (Å²) in [6, 6.07) is 6.70. The van der Waals surface area contributed by atoms with E-state index in [1.165, 1.54) is 26.5 Å². The van der Waals surface area contributed by atoms with E-state index in [1.54, 1.807) is 4.90 Å². The third-order valence-electron chi connectivity index (χ3n) is 9.44. The normalized spacial score (nSPS) is 17.8. The predicted molar refractivity (Wildman–Crippen MR) is 194 cm³/mol. The Labute approximate surface area is 305 Å². The molecule has 1 aromatic carbocycles. The first kappa shape index (κ1) is 41.5. The first-order chi connectivity index (χ1) is 24.3. The van der Waals surface area contributed by atoms with Gasteiger partial charge in [0.1, 0.15) is 29.5 Å². The Morgan fingerprint density at radius 3 is 2.35 bits per heavy atom. The van der Waals surface area contributed by atoms with Crippen LogP contribution in [0.25, 0.3) is 0 Å². The van der Waals surface area contributed by atoms with Gasteiger partial charge in [-0.25, -0.2) is 9.78 Å². The molecule has 0 bridgehead atoms. The molecule has 2 heterocycles. The van der Waals surface area contributed by atoms with Gasteiger partial charge in [-0.2, -0.15) is 0 Å². The van der Waals surface area contributed by atoms with Gasteiger partial charge < -0.3 is 29.7 Å². The lowest BCUT2D eigenvalue weighted by atomic mass is 9.92. The minimum atomic E-state index is -0.948. The minimum absolute atomic E-state index is 0.0484. The number of thiazole rings is 1. The number of piperidine rings is 1. The molecule has 13 nitrogen and oxygen atoms in total. The van der Waals surface area contributed by atoms with Gasteiger partial charge in [-0.3, -0.25) is 24.1 Å². The number of amides is 3. The quantitative estimate of drug-likeness (QED) is 0.169. The molecule has 0 aliphatic carbocycles. The highest BCUT2D eigenvalue weighted by Gasteiger charge is 2.39. The molecule has 1 saturated heterocycles. The van der Waals surface area contributed by atoms with Crippen LogP contribution in [-0.4, -0.2) is 103 Å². The van der Waals surface area contributed by atoms with Gasteiger partial charge in [-0.1, -0.05) is 70.9 Å². The zero-order valence-electron chi connectivity index (χ0n) is 31.2. The standard InChI is InChI=1S/C37H55N5O8S/c1-9-24(4)32(40-34(45)29-17-13-14-18-41(29)6)36(46)42(22-48-7)30(23(2)3)20-31(50-25(5)43)35-39-28(21-51-35)33(44)38-27(37(47)49-8)19-26-15-11-10-12-16-26/h10-12,15-16,21,23-24,27,29-32H,9,13-14,17-20,22H2,1-8H3,(H,38,44)(H,40,45)/t24-,27-,29+,30+,31+,32-/m0/s1. The molecule has 0 spiro atoms. The van der Waals surface area contributed by atoms with Crippen LogP contribution in [0.3, 0.4) is 0 Å². The van der Waals surface area contributed by atoms with Crippen molar-refractivity contribution < 1.29 is 38.2 Å². The average Bonchev–Trinajstić information content (AvgIpc) is 3.61. The Morgan fingerprint density at radius 2 is 1.76 bits per heavy atom. The number of nitrogens with zero attached hydrogens (tertiary/aromatic N) is 3. The second-order valence-corrected chi connectivity index (χ2v) is 14.4. The fourth-order valence-corrected chi connectivity index (χ4v) is 7.15. The van der Waals surface area contributed by atoms with Crippen LogP contribution in [0, 0.1) is 11.8 Å². The summed E-state index contributed by atoms with van der Waals surface area (Å²) in [5, 5.41) is 7.69. The van der Waals surface area contributed by atoms with Gasteiger partial charge in [-0.05, 0) is 43.8 Å². The molecule has 1 aliphatic rings. The summed E-state index contributed by atoms with van der Waals surface area (Å²) in [4.78, 5) is 74.4. The van der Waals surface area contributed by atoms with Crippen molar-refractivity contribution in [2.45, 2.75) is 103 Å². The van der Waals surface area contributed by atoms with Crippen LogP contribution in [0.1, 0.15) is 93.9 Å². The van der Waals surface area contributed by atoms with Crippen LogP contribution in [0.5, 0.6) is 0 Å². The Hall–Kier alpha value is -3.88. The number of carbonyl (C=O) groups is 5. The number of carbonyl (C=O) groups excluding carboxylic acids is 5. The molecule has 14 heteroatoms. The zero-order valence-corrected chi connectivity index (χ0v) is 32.0. The Bertz CT molecular complexity index is 1450. The number of nitrogens with one attached hydrogen (secondary N) is 2. The van der Waals surface area contributed by atoms with E-state index in [2.05, 4.69) is 15.6 Å². The molecule has 1 fully saturated rings. The lowest BCUT2D eigenvalue weighted by Gasteiger charge is -2.39. The molecule has 0 saturated carbocycles. The Morgan fingerprint density at radius 1 is 1.06 bits per heavy atom. The van der Waals surface area contributed by atoms with Crippen LogP contribution < -0.4 is 10.6 Å². The second kappa shape index (κ2) is 20.2. The predicted octanol–water partition coefficient (Wildman–Crippen LogP) is 4.12. The highest BCUT2D eigenvalue weighted by molar-refractivity contribution is 7.09. The van der Waals surface area contributed by atoms with E-state index >= 15 is 0 Å². The van der Waals surface area contributed by atoms with E-state index in [0.29, 0.717) is 11.4 Å². The highest BCUT2D eigenvalue weighted by atomic mass is 32.1. The molecule has 3 amide bonds. The molecule has 1 aromatic heterocycles. The van der Waals surface area contributed by atoms with Crippen molar-refractivity contribution in [1.82, 2.24) is 25.4 Å². The molecule has 6 atom stereocenters. The molecule has 0 unspecified atom stereocenters. The van der Waals surface area contributed by atoms with E-state index in [0.717, 1.165) is 42.7 Å². The molecular formula is C37H55N5O8S. The number of likely N-dealkylation sites (N-methyl/N-ethyl adjacent to an activating group) is 1. The first-order valence-electron chi connectivity index (χ1n) is 17.7. The molecule has 282 valence electrons. The van der Waals surface area contributed by atoms with Gasteiger partial charge in [-0.15, -0.1) is 11.3 Å². The summed E-state index contributed by atoms with van der Waals surface area (Å²) in [6.07, 6.45) is 2.85. The number of esters is 2. The molecular weight excluding hydrogens is 675 g/mol. The second-order valence-electron chi connectivity index (χ2n) is 13.5. The molecule has 0 radical (unpaired) electrons. The smallest absolute Gasteiger partial charge is 0.328 e. The van der Waals surface area contributed by atoms with Crippen LogP contribution in [0.2, 0.25) is 0 Å². The number of methoxy groups -OCH3 is 2. The molecule has 2 aromatic rings. The van der Waals surface area contributed by atoms with Crippen LogP contribution in [0.4, 0.5) is 0 Å². The van der Waals surface area contributed by atoms with E-state index in [9.17, 15) is 24.0 Å². The lowest BCUT2D eigenvalue weighted by molar-refractivity contribution is -0.152. The topological polar surface area (TPSA) is 156 Å². The van der Waals surface area contributed by atoms with Crippen molar-refractivity contribution in [3.63, 3.8) is 0 Å². The van der Waals surface area contributed by atoms with E-state index < -0.39 is 42.1 Å².